The van der Waals surface area contributed by atoms with E-state index in [2.05, 4.69) is 32.9 Å². The summed E-state index contributed by atoms with van der Waals surface area (Å²) < 4.78 is 61.6. The van der Waals surface area contributed by atoms with Crippen molar-refractivity contribution in [2.24, 2.45) is 0 Å². The van der Waals surface area contributed by atoms with Gasteiger partial charge in [0, 0.05) is 12.8 Å². The van der Waals surface area contributed by atoms with Gasteiger partial charge in [0.15, 0.2) is 22.6 Å². The standard InChI is InChI=1S/C42H54FN6O8P/c1-5-9-10-11-18-25-36(50)55-34-27-35(49-29-45-37-38(44)46-41(43)47-39(37)49)56-42(34,8-4)28-53-58(52,57-32-23-16-13-17-24-32)48-33(26-30-21-14-12-15-22-30)40(51)54-31(19-6-2)20-7-3/h4,12-17,21-24,29,31,33-35H,5-7,9-11,18-20,25-28H2,1-3H3,(H,48,52)(H2,44,46,47)/t33-,34-,35+,42+,58-/m0/s1. The number of carbonyl (C=O) groups excluding carboxylic acids is 2. The van der Waals surface area contributed by atoms with Gasteiger partial charge in [-0.2, -0.15) is 19.4 Å². The summed E-state index contributed by atoms with van der Waals surface area (Å²) in [6.07, 6.45) is 11.6. The highest BCUT2D eigenvalue weighted by Crippen LogP contribution is 2.49. The Morgan fingerprint density at radius 1 is 1.03 bits per heavy atom. The average molecular weight is 821 g/mol. The maximum Gasteiger partial charge on any atom is 0.459 e. The first-order valence-electron chi connectivity index (χ1n) is 20.0. The lowest BCUT2D eigenvalue weighted by Crippen LogP contribution is -2.46. The molecule has 0 aliphatic carbocycles. The van der Waals surface area contributed by atoms with Crippen LogP contribution in [0, 0.1) is 18.4 Å². The van der Waals surface area contributed by atoms with Crippen molar-refractivity contribution < 1.29 is 41.8 Å². The molecule has 0 spiro atoms. The number of carbonyl (C=O) groups is 2. The number of nitrogen functional groups attached to an aromatic ring is 1. The number of unbranched alkanes of at least 4 members (excludes halogenated alkanes) is 4. The van der Waals surface area contributed by atoms with Crippen LogP contribution in [-0.4, -0.2) is 61.9 Å². The number of ether oxygens (including phenoxy) is 3. The number of nitrogens with zero attached hydrogens (tertiary/aromatic N) is 4. The maximum atomic E-state index is 15.1. The Morgan fingerprint density at radius 2 is 1.72 bits per heavy atom. The van der Waals surface area contributed by atoms with Crippen LogP contribution in [0.5, 0.6) is 5.75 Å². The van der Waals surface area contributed by atoms with E-state index in [0.29, 0.717) is 19.3 Å². The van der Waals surface area contributed by atoms with E-state index in [1.165, 1.54) is 10.9 Å². The number of hydrogen-bond donors (Lipinski definition) is 2. The molecular formula is C42H54FN6O8P. The summed E-state index contributed by atoms with van der Waals surface area (Å²) in [5, 5.41) is 2.87. The van der Waals surface area contributed by atoms with E-state index in [-0.39, 0.29) is 48.1 Å². The van der Waals surface area contributed by atoms with Crippen LogP contribution in [0.3, 0.4) is 0 Å². The molecule has 2 aromatic heterocycles. The molecule has 0 unspecified atom stereocenters. The molecule has 3 heterocycles. The second kappa shape index (κ2) is 21.2. The fraction of sp³-hybridized carbons (Fsp3) is 0.500. The number of hydrogen-bond acceptors (Lipinski definition) is 12. The molecule has 3 N–H and O–H groups in total. The topological polar surface area (TPSA) is 179 Å². The van der Waals surface area contributed by atoms with Crippen molar-refractivity contribution >= 4 is 36.7 Å². The van der Waals surface area contributed by atoms with Gasteiger partial charge in [-0.3, -0.25) is 18.7 Å². The van der Waals surface area contributed by atoms with Gasteiger partial charge in [0.25, 0.3) is 0 Å². The summed E-state index contributed by atoms with van der Waals surface area (Å²) in [5.41, 5.74) is 4.98. The number of terminal acetylenes is 1. The second-order valence-electron chi connectivity index (χ2n) is 14.4. The quantitative estimate of drug-likeness (QED) is 0.0242. The highest BCUT2D eigenvalue weighted by Gasteiger charge is 2.53. The molecule has 0 bridgehead atoms. The minimum absolute atomic E-state index is 0.0243. The molecule has 5 rings (SSSR count). The number of aromatic nitrogens is 4. The molecule has 1 aliphatic rings. The summed E-state index contributed by atoms with van der Waals surface area (Å²) in [5.74, 6) is 1.45. The molecule has 16 heteroatoms. The SMILES string of the molecule is C#C[C@]1(CO[P@@](=O)(N[C@@H](Cc2ccccc2)C(=O)OC(CCC)CCC)Oc2ccccc2)O[C@@H](n2cnc3c(N)nc(F)nc32)C[C@@H]1OC(=O)CCCCCCC. The van der Waals surface area contributed by atoms with E-state index >= 15 is 4.57 Å². The zero-order valence-corrected chi connectivity index (χ0v) is 34.3. The van der Waals surface area contributed by atoms with Crippen LogP contribution >= 0.6 is 7.75 Å². The number of nitrogens with two attached hydrogens (primary N) is 1. The molecule has 0 saturated carbocycles. The van der Waals surface area contributed by atoms with E-state index in [1.54, 1.807) is 30.3 Å². The molecule has 58 heavy (non-hydrogen) atoms. The lowest BCUT2D eigenvalue weighted by Gasteiger charge is -2.31. The molecule has 5 atom stereocenters. The third kappa shape index (κ3) is 11.9. The normalized spacial score (nSPS) is 19.4. The summed E-state index contributed by atoms with van der Waals surface area (Å²) in [6.45, 7) is 5.50. The van der Waals surface area contributed by atoms with Crippen molar-refractivity contribution in [1.29, 1.82) is 0 Å². The Labute approximate surface area is 339 Å². The van der Waals surface area contributed by atoms with Gasteiger partial charge in [-0.1, -0.05) is 114 Å². The molecule has 1 fully saturated rings. The number of fused-ring (bicyclic) bond motifs is 1. The Hall–Kier alpha value is -4.87. The Morgan fingerprint density at radius 3 is 2.40 bits per heavy atom. The van der Waals surface area contributed by atoms with Gasteiger partial charge in [-0.25, -0.2) is 9.55 Å². The van der Waals surface area contributed by atoms with Crippen LogP contribution in [0.25, 0.3) is 11.2 Å². The third-order valence-electron chi connectivity index (χ3n) is 9.82. The predicted molar refractivity (Wildman–Crippen MR) is 217 cm³/mol. The van der Waals surface area contributed by atoms with Crippen molar-refractivity contribution in [1.82, 2.24) is 24.6 Å². The fourth-order valence-corrected chi connectivity index (χ4v) is 8.35. The number of esters is 2. The number of para-hydroxylation sites is 1. The Kier molecular flexibility index (Phi) is 16.2. The first-order valence-corrected chi connectivity index (χ1v) is 21.6. The number of benzene rings is 2. The molecule has 1 aliphatic heterocycles. The molecule has 1 saturated heterocycles. The molecule has 312 valence electrons. The van der Waals surface area contributed by atoms with Crippen molar-refractivity contribution in [2.45, 2.75) is 128 Å². The maximum absolute atomic E-state index is 15.1. The zero-order chi connectivity index (χ0) is 41.5. The van der Waals surface area contributed by atoms with Crippen LogP contribution in [0.1, 0.15) is 103 Å². The minimum Gasteiger partial charge on any atom is -0.461 e. The highest BCUT2D eigenvalue weighted by molar-refractivity contribution is 7.52. The van der Waals surface area contributed by atoms with Crippen LogP contribution in [0.4, 0.5) is 10.2 Å². The van der Waals surface area contributed by atoms with Gasteiger partial charge >= 0.3 is 25.8 Å². The highest BCUT2D eigenvalue weighted by atomic mass is 31.2. The van der Waals surface area contributed by atoms with Crippen LogP contribution in [-0.2, 0) is 39.3 Å². The van der Waals surface area contributed by atoms with E-state index in [4.69, 9.17) is 35.4 Å². The average Bonchev–Trinajstić information content (AvgIpc) is 3.79. The van der Waals surface area contributed by atoms with E-state index in [0.717, 1.165) is 44.1 Å². The number of anilines is 1. The monoisotopic (exact) mass is 820 g/mol. The van der Waals surface area contributed by atoms with Gasteiger partial charge in [-0.15, -0.1) is 6.42 Å². The van der Waals surface area contributed by atoms with E-state index in [9.17, 15) is 14.0 Å². The van der Waals surface area contributed by atoms with Crippen LogP contribution < -0.4 is 15.3 Å². The van der Waals surface area contributed by atoms with Gasteiger partial charge < -0.3 is 24.5 Å². The lowest BCUT2D eigenvalue weighted by atomic mass is 9.98. The van der Waals surface area contributed by atoms with Crippen molar-refractivity contribution in [2.75, 3.05) is 12.3 Å². The fourth-order valence-electron chi connectivity index (χ4n) is 6.83. The van der Waals surface area contributed by atoms with E-state index < -0.39 is 56.3 Å². The predicted octanol–water partition coefficient (Wildman–Crippen LogP) is 8.03. The summed E-state index contributed by atoms with van der Waals surface area (Å²) in [6, 6.07) is 16.3. The van der Waals surface area contributed by atoms with Gasteiger partial charge in [0.1, 0.15) is 36.8 Å². The minimum atomic E-state index is -4.56. The summed E-state index contributed by atoms with van der Waals surface area (Å²) in [7, 11) is -4.56. The smallest absolute Gasteiger partial charge is 0.459 e. The Bertz CT molecular complexity index is 2030. The first kappa shape index (κ1) is 44.2. The van der Waals surface area contributed by atoms with Crippen molar-refractivity contribution in [3.63, 3.8) is 0 Å². The number of nitrogens with one attached hydrogen (secondary N) is 1. The van der Waals surface area contributed by atoms with Gasteiger partial charge in [0.2, 0.25) is 0 Å². The molecule has 0 amide bonds. The molecular weight excluding hydrogens is 766 g/mol. The van der Waals surface area contributed by atoms with E-state index in [1.807, 2.05) is 44.2 Å². The second-order valence-corrected chi connectivity index (χ2v) is 16.1. The number of rotatable bonds is 23. The summed E-state index contributed by atoms with van der Waals surface area (Å²) >= 11 is 0. The largest absolute Gasteiger partial charge is 0.461 e. The molecule has 0 radical (unpaired) electrons. The molecule has 14 nitrogen and oxygen atoms in total. The Balaban J connectivity index is 1.47. The van der Waals surface area contributed by atoms with Crippen molar-refractivity contribution in [3.05, 3.63) is 78.6 Å². The zero-order valence-electron chi connectivity index (χ0n) is 33.4. The first-order chi connectivity index (χ1) is 28.0. The number of halogens is 1. The van der Waals surface area contributed by atoms with Crippen LogP contribution in [0.2, 0.25) is 0 Å². The van der Waals surface area contributed by atoms with Crippen molar-refractivity contribution in [3.8, 4) is 18.1 Å². The number of imidazole rings is 1. The van der Waals surface area contributed by atoms with Gasteiger partial charge in [-0.05, 0) is 43.4 Å². The molecule has 4 aromatic rings. The summed E-state index contributed by atoms with van der Waals surface area (Å²) in [4.78, 5) is 39.0. The van der Waals surface area contributed by atoms with Gasteiger partial charge in [0.05, 0.1) is 6.33 Å². The molecule has 2 aromatic carbocycles. The van der Waals surface area contributed by atoms with Crippen LogP contribution in [0.15, 0.2) is 67.0 Å². The third-order valence-corrected chi connectivity index (χ3v) is 11.4. The lowest BCUT2D eigenvalue weighted by molar-refractivity contribution is -0.158.